The van der Waals surface area contributed by atoms with Gasteiger partial charge in [0.2, 0.25) is 11.7 Å². The highest BCUT2D eigenvalue weighted by Crippen LogP contribution is 2.23. The monoisotopic (exact) mass is 458 g/mol. The molecule has 9 nitrogen and oxygen atoms in total. The number of aromatic nitrogens is 4. The molecular formula is C22H30N6O3S. The van der Waals surface area contributed by atoms with E-state index in [4.69, 9.17) is 0 Å². The number of amides is 2. The maximum atomic E-state index is 13.2. The Kier molecular flexibility index (Phi) is 7.22. The van der Waals surface area contributed by atoms with E-state index in [-0.39, 0.29) is 41.1 Å². The van der Waals surface area contributed by atoms with Crippen molar-refractivity contribution in [3.05, 3.63) is 34.1 Å². The molecule has 2 heterocycles. The molecule has 0 atom stereocenters. The SMILES string of the molecule is CC(C)Cn1c(=O)c2ccc(C(=O)NC(C)C)cc2n2c(SCC(=O)NC(C)C)nnc12. The molecule has 0 aliphatic rings. The van der Waals surface area contributed by atoms with Crippen molar-refractivity contribution in [3.8, 4) is 0 Å². The Hall–Kier alpha value is -2.88. The van der Waals surface area contributed by atoms with Crippen molar-refractivity contribution in [2.24, 2.45) is 5.92 Å². The number of rotatable bonds is 8. The highest BCUT2D eigenvalue weighted by Gasteiger charge is 2.20. The molecular weight excluding hydrogens is 428 g/mol. The minimum Gasteiger partial charge on any atom is -0.353 e. The largest absolute Gasteiger partial charge is 0.353 e. The quantitative estimate of drug-likeness (QED) is 0.502. The smallest absolute Gasteiger partial charge is 0.262 e. The van der Waals surface area contributed by atoms with Gasteiger partial charge in [-0.2, -0.15) is 0 Å². The fourth-order valence-corrected chi connectivity index (χ4v) is 4.14. The van der Waals surface area contributed by atoms with E-state index in [0.717, 1.165) is 0 Å². The summed E-state index contributed by atoms with van der Waals surface area (Å²) in [6.45, 7) is 12.1. The summed E-state index contributed by atoms with van der Waals surface area (Å²) in [7, 11) is 0. The maximum Gasteiger partial charge on any atom is 0.262 e. The second-order valence-electron chi connectivity index (χ2n) is 8.80. The highest BCUT2D eigenvalue weighted by molar-refractivity contribution is 7.99. The lowest BCUT2D eigenvalue weighted by Crippen LogP contribution is -2.31. The molecule has 0 saturated heterocycles. The molecule has 3 rings (SSSR count). The van der Waals surface area contributed by atoms with Gasteiger partial charge < -0.3 is 10.6 Å². The van der Waals surface area contributed by atoms with Gasteiger partial charge in [-0.25, -0.2) is 0 Å². The fourth-order valence-electron chi connectivity index (χ4n) is 3.39. The third-order valence-corrected chi connectivity index (χ3v) is 5.51. The van der Waals surface area contributed by atoms with Crippen molar-refractivity contribution < 1.29 is 9.59 Å². The molecule has 0 bridgehead atoms. The number of thioether (sulfide) groups is 1. The molecule has 0 unspecified atom stereocenters. The molecule has 10 heteroatoms. The summed E-state index contributed by atoms with van der Waals surface area (Å²) in [4.78, 5) is 38.0. The summed E-state index contributed by atoms with van der Waals surface area (Å²) < 4.78 is 3.37. The molecule has 3 aromatic rings. The van der Waals surface area contributed by atoms with E-state index in [1.807, 2.05) is 41.5 Å². The number of hydrogen-bond donors (Lipinski definition) is 2. The van der Waals surface area contributed by atoms with Crippen molar-refractivity contribution in [2.75, 3.05) is 5.75 Å². The van der Waals surface area contributed by atoms with Crippen LogP contribution in [0.25, 0.3) is 16.7 Å². The van der Waals surface area contributed by atoms with Gasteiger partial charge in [-0.3, -0.25) is 23.4 Å². The van der Waals surface area contributed by atoms with Gasteiger partial charge >= 0.3 is 0 Å². The predicted octanol–water partition coefficient (Wildman–Crippen LogP) is 2.46. The van der Waals surface area contributed by atoms with Crippen LogP contribution in [0.4, 0.5) is 0 Å². The van der Waals surface area contributed by atoms with E-state index in [1.165, 1.54) is 11.8 Å². The lowest BCUT2D eigenvalue weighted by atomic mass is 10.1. The van der Waals surface area contributed by atoms with Gasteiger partial charge in [0.1, 0.15) is 0 Å². The van der Waals surface area contributed by atoms with Gasteiger partial charge in [0.25, 0.3) is 11.5 Å². The van der Waals surface area contributed by atoms with Crippen molar-refractivity contribution in [3.63, 3.8) is 0 Å². The van der Waals surface area contributed by atoms with Crippen molar-refractivity contribution >= 4 is 40.3 Å². The van der Waals surface area contributed by atoms with Gasteiger partial charge in [-0.05, 0) is 51.8 Å². The Labute approximate surface area is 191 Å². The summed E-state index contributed by atoms with van der Waals surface area (Å²) in [6, 6.07) is 5.03. The summed E-state index contributed by atoms with van der Waals surface area (Å²) in [6.07, 6.45) is 0. The Morgan fingerprint density at radius 1 is 1.03 bits per heavy atom. The van der Waals surface area contributed by atoms with Crippen LogP contribution < -0.4 is 16.2 Å². The lowest BCUT2D eigenvalue weighted by molar-refractivity contribution is -0.119. The van der Waals surface area contributed by atoms with E-state index in [9.17, 15) is 14.4 Å². The molecule has 172 valence electrons. The van der Waals surface area contributed by atoms with Crippen LogP contribution in [0.1, 0.15) is 51.9 Å². The predicted molar refractivity (Wildman–Crippen MR) is 126 cm³/mol. The number of nitrogens with zero attached hydrogens (tertiary/aromatic N) is 4. The van der Waals surface area contributed by atoms with Crippen LogP contribution in [0.2, 0.25) is 0 Å². The summed E-state index contributed by atoms with van der Waals surface area (Å²) in [5, 5.41) is 15.2. The number of benzene rings is 1. The van der Waals surface area contributed by atoms with Crippen LogP contribution in [0.15, 0.2) is 28.2 Å². The van der Waals surface area contributed by atoms with Crippen LogP contribution in [0.5, 0.6) is 0 Å². The standard InChI is InChI=1S/C22H30N6O3S/c1-12(2)10-27-20(31)16-8-7-15(19(30)24-14(5)6)9-17(16)28-21(27)25-26-22(28)32-11-18(29)23-13(3)4/h7-9,12-14H,10-11H2,1-6H3,(H,23,29)(H,24,30). The average Bonchev–Trinajstić information content (AvgIpc) is 3.12. The number of hydrogen-bond acceptors (Lipinski definition) is 6. The normalized spacial score (nSPS) is 11.8. The molecule has 2 N–H and O–H groups in total. The topological polar surface area (TPSA) is 110 Å². The molecule has 0 saturated carbocycles. The summed E-state index contributed by atoms with van der Waals surface area (Å²) >= 11 is 1.24. The second-order valence-corrected chi connectivity index (χ2v) is 9.74. The Balaban J connectivity index is 2.18. The van der Waals surface area contributed by atoms with Crippen LogP contribution in [-0.2, 0) is 11.3 Å². The number of carbonyl (C=O) groups excluding carboxylic acids is 2. The van der Waals surface area contributed by atoms with Gasteiger partial charge in [-0.1, -0.05) is 25.6 Å². The Morgan fingerprint density at radius 2 is 1.72 bits per heavy atom. The molecule has 1 aromatic carbocycles. The number of carbonyl (C=O) groups is 2. The zero-order valence-corrected chi connectivity index (χ0v) is 20.1. The van der Waals surface area contributed by atoms with Crippen LogP contribution in [0, 0.1) is 5.92 Å². The third-order valence-electron chi connectivity index (χ3n) is 4.58. The van der Waals surface area contributed by atoms with E-state index in [1.54, 1.807) is 27.2 Å². The second kappa shape index (κ2) is 9.72. The fraction of sp³-hybridized carbons (Fsp3) is 0.500. The first-order valence-corrected chi connectivity index (χ1v) is 11.7. The number of nitrogens with one attached hydrogen (secondary N) is 2. The third kappa shape index (κ3) is 5.12. The van der Waals surface area contributed by atoms with Gasteiger partial charge in [0.15, 0.2) is 5.16 Å². The molecule has 32 heavy (non-hydrogen) atoms. The summed E-state index contributed by atoms with van der Waals surface area (Å²) in [5.74, 6) is 0.440. The molecule has 0 spiro atoms. The van der Waals surface area contributed by atoms with Crippen molar-refractivity contribution in [1.29, 1.82) is 0 Å². The lowest BCUT2D eigenvalue weighted by Gasteiger charge is -2.14. The molecule has 0 radical (unpaired) electrons. The zero-order valence-electron chi connectivity index (χ0n) is 19.3. The molecule has 2 amide bonds. The minimum atomic E-state index is -0.222. The van der Waals surface area contributed by atoms with Gasteiger partial charge in [0, 0.05) is 24.2 Å². The van der Waals surface area contributed by atoms with Gasteiger partial charge in [0.05, 0.1) is 16.7 Å². The first-order valence-electron chi connectivity index (χ1n) is 10.7. The Bertz CT molecular complexity index is 1210. The molecule has 2 aromatic heterocycles. The van der Waals surface area contributed by atoms with Crippen LogP contribution in [-0.4, -0.2) is 48.8 Å². The van der Waals surface area contributed by atoms with E-state index < -0.39 is 0 Å². The van der Waals surface area contributed by atoms with E-state index >= 15 is 0 Å². The van der Waals surface area contributed by atoms with E-state index in [2.05, 4.69) is 20.8 Å². The summed E-state index contributed by atoms with van der Waals surface area (Å²) in [5.41, 5.74) is 0.799. The first kappa shape index (κ1) is 23.8. The first-order chi connectivity index (χ1) is 15.1. The minimum absolute atomic E-state index is 0.0160. The Morgan fingerprint density at radius 3 is 2.34 bits per heavy atom. The molecule has 0 fully saturated rings. The highest BCUT2D eigenvalue weighted by atomic mass is 32.2. The maximum absolute atomic E-state index is 13.2. The number of fused-ring (bicyclic) bond motifs is 3. The molecule has 0 aliphatic heterocycles. The van der Waals surface area contributed by atoms with Crippen molar-refractivity contribution in [2.45, 2.75) is 65.3 Å². The van der Waals surface area contributed by atoms with E-state index in [0.29, 0.717) is 33.9 Å². The van der Waals surface area contributed by atoms with Crippen LogP contribution in [0.3, 0.4) is 0 Å². The van der Waals surface area contributed by atoms with Crippen LogP contribution >= 0.6 is 11.8 Å². The molecule has 0 aliphatic carbocycles. The van der Waals surface area contributed by atoms with Gasteiger partial charge in [-0.15, -0.1) is 10.2 Å². The zero-order chi connectivity index (χ0) is 23.6. The van der Waals surface area contributed by atoms with Crippen molar-refractivity contribution in [1.82, 2.24) is 29.8 Å². The average molecular weight is 459 g/mol.